The van der Waals surface area contributed by atoms with Crippen molar-refractivity contribution in [3.05, 3.63) is 111 Å². The van der Waals surface area contributed by atoms with Crippen LogP contribution in [-0.4, -0.2) is 22.5 Å². The van der Waals surface area contributed by atoms with Crippen LogP contribution in [0.25, 0.3) is 10.9 Å². The largest absolute Gasteiger partial charge is 0.490 e. The highest BCUT2D eigenvalue weighted by atomic mass is 35.5. The molecule has 5 rings (SSSR count). The molecule has 1 fully saturated rings. The van der Waals surface area contributed by atoms with E-state index in [-0.39, 0.29) is 11.5 Å². The van der Waals surface area contributed by atoms with Crippen molar-refractivity contribution in [2.75, 3.05) is 6.61 Å². The lowest BCUT2D eigenvalue weighted by Crippen LogP contribution is -2.25. The van der Waals surface area contributed by atoms with Crippen LogP contribution >= 0.6 is 11.6 Å². The van der Waals surface area contributed by atoms with Gasteiger partial charge in [-0.3, -0.25) is 4.79 Å². The standard InChI is InChI=1S/C33H34ClN3O3/c1-3-10-26-19-24(20-30(39-4-2)31(26)40-22-23-15-17-27(34)18-16-23)21-35-37-32(25-11-6-5-7-12-25)36-29-14-9-8-13-28(29)33(37)38/h3,8-9,13-21,25H,1,4-7,10-12,22H2,2H3. The second-order valence-corrected chi connectivity index (χ2v) is 10.5. The fourth-order valence-electron chi connectivity index (χ4n) is 5.23. The van der Waals surface area contributed by atoms with Gasteiger partial charge in [-0.15, -0.1) is 6.58 Å². The molecule has 0 N–H and O–H groups in total. The zero-order valence-corrected chi connectivity index (χ0v) is 23.6. The molecule has 0 amide bonds. The van der Waals surface area contributed by atoms with Gasteiger partial charge in [0.25, 0.3) is 5.56 Å². The van der Waals surface area contributed by atoms with Crippen LogP contribution in [0.3, 0.4) is 0 Å². The van der Waals surface area contributed by atoms with Gasteiger partial charge in [0.2, 0.25) is 0 Å². The first-order valence-corrected chi connectivity index (χ1v) is 14.3. The number of allylic oxidation sites excluding steroid dienone is 1. The van der Waals surface area contributed by atoms with Crippen LogP contribution in [0.4, 0.5) is 0 Å². The third-order valence-electron chi connectivity index (χ3n) is 7.19. The summed E-state index contributed by atoms with van der Waals surface area (Å²) in [5.74, 6) is 2.23. The Hall–Kier alpha value is -3.90. The molecule has 1 saturated carbocycles. The molecule has 0 atom stereocenters. The van der Waals surface area contributed by atoms with Gasteiger partial charge < -0.3 is 9.47 Å². The van der Waals surface area contributed by atoms with E-state index in [1.807, 2.05) is 73.7 Å². The normalized spacial score (nSPS) is 14.1. The van der Waals surface area contributed by atoms with Gasteiger partial charge in [0.15, 0.2) is 11.5 Å². The summed E-state index contributed by atoms with van der Waals surface area (Å²) in [6.45, 7) is 6.72. The Bertz CT molecular complexity index is 1570. The van der Waals surface area contributed by atoms with Crippen molar-refractivity contribution in [2.45, 2.75) is 58.0 Å². The van der Waals surface area contributed by atoms with E-state index in [1.54, 1.807) is 6.21 Å². The number of benzene rings is 3. The Morgan fingerprint density at radius 1 is 1.07 bits per heavy atom. The van der Waals surface area contributed by atoms with Crippen LogP contribution in [0.2, 0.25) is 5.02 Å². The maximum absolute atomic E-state index is 13.6. The van der Waals surface area contributed by atoms with Crippen molar-refractivity contribution < 1.29 is 9.47 Å². The van der Waals surface area contributed by atoms with Crippen LogP contribution < -0.4 is 15.0 Å². The number of nitrogens with zero attached hydrogens (tertiary/aromatic N) is 3. The monoisotopic (exact) mass is 555 g/mol. The van der Waals surface area contributed by atoms with Gasteiger partial charge in [0.1, 0.15) is 12.4 Å². The quantitative estimate of drug-likeness (QED) is 0.149. The van der Waals surface area contributed by atoms with E-state index in [0.29, 0.717) is 47.1 Å². The second-order valence-electron chi connectivity index (χ2n) is 10.0. The first kappa shape index (κ1) is 27.7. The van der Waals surface area contributed by atoms with Crippen LogP contribution in [0.5, 0.6) is 11.5 Å². The van der Waals surface area contributed by atoms with Crippen molar-refractivity contribution in [1.82, 2.24) is 9.66 Å². The molecule has 4 aromatic rings. The van der Waals surface area contributed by atoms with Gasteiger partial charge in [0.05, 0.1) is 23.7 Å². The van der Waals surface area contributed by atoms with Crippen LogP contribution in [0, 0.1) is 0 Å². The van der Waals surface area contributed by atoms with Gasteiger partial charge in [-0.2, -0.15) is 9.78 Å². The van der Waals surface area contributed by atoms with Crippen LogP contribution in [-0.2, 0) is 13.0 Å². The van der Waals surface area contributed by atoms with Crippen molar-refractivity contribution in [2.24, 2.45) is 5.10 Å². The average Bonchev–Trinajstić information content (AvgIpc) is 2.98. The third-order valence-corrected chi connectivity index (χ3v) is 7.44. The molecule has 1 aromatic heterocycles. The molecule has 1 heterocycles. The van der Waals surface area contributed by atoms with Crippen molar-refractivity contribution >= 4 is 28.7 Å². The molecule has 0 spiro atoms. The fourth-order valence-corrected chi connectivity index (χ4v) is 5.36. The summed E-state index contributed by atoms with van der Waals surface area (Å²) in [6.07, 6.45) is 9.64. The maximum atomic E-state index is 13.6. The summed E-state index contributed by atoms with van der Waals surface area (Å²) in [7, 11) is 0. The van der Waals surface area contributed by atoms with E-state index in [0.717, 1.165) is 48.2 Å². The van der Waals surface area contributed by atoms with E-state index < -0.39 is 0 Å². The Kier molecular flexibility index (Phi) is 8.97. The SMILES string of the molecule is C=CCc1cc(C=Nn2c(C3CCCCC3)nc3ccccc3c2=O)cc(OCC)c1OCc1ccc(Cl)cc1. The summed E-state index contributed by atoms with van der Waals surface area (Å²) in [6, 6.07) is 19.0. The first-order chi connectivity index (χ1) is 19.6. The highest BCUT2D eigenvalue weighted by Gasteiger charge is 2.22. The minimum absolute atomic E-state index is 0.151. The predicted octanol–water partition coefficient (Wildman–Crippen LogP) is 7.69. The Balaban J connectivity index is 1.53. The van der Waals surface area contributed by atoms with E-state index in [9.17, 15) is 4.79 Å². The zero-order chi connectivity index (χ0) is 27.9. The van der Waals surface area contributed by atoms with E-state index >= 15 is 0 Å². The van der Waals surface area contributed by atoms with Crippen molar-refractivity contribution in [1.29, 1.82) is 0 Å². The number of rotatable bonds is 10. The van der Waals surface area contributed by atoms with Gasteiger partial charge >= 0.3 is 0 Å². The first-order valence-electron chi connectivity index (χ1n) is 13.9. The van der Waals surface area contributed by atoms with Gasteiger partial charge in [-0.05, 0) is 73.7 Å². The molecule has 0 radical (unpaired) electrons. The van der Waals surface area contributed by atoms with Gasteiger partial charge in [-0.1, -0.05) is 61.2 Å². The lowest BCUT2D eigenvalue weighted by Gasteiger charge is -2.22. The third kappa shape index (κ3) is 6.28. The van der Waals surface area contributed by atoms with Gasteiger partial charge in [0, 0.05) is 16.5 Å². The number of aromatic nitrogens is 2. The van der Waals surface area contributed by atoms with E-state index in [2.05, 4.69) is 6.58 Å². The molecule has 206 valence electrons. The van der Waals surface area contributed by atoms with Crippen LogP contribution in [0.15, 0.2) is 83.2 Å². The molecular weight excluding hydrogens is 522 g/mol. The molecule has 6 nitrogen and oxygen atoms in total. The zero-order valence-electron chi connectivity index (χ0n) is 22.8. The van der Waals surface area contributed by atoms with Crippen molar-refractivity contribution in [3.63, 3.8) is 0 Å². The molecule has 1 aliphatic rings. The molecule has 0 bridgehead atoms. The highest BCUT2D eigenvalue weighted by Crippen LogP contribution is 2.35. The predicted molar refractivity (Wildman–Crippen MR) is 162 cm³/mol. The molecule has 3 aromatic carbocycles. The number of fused-ring (bicyclic) bond motifs is 1. The topological polar surface area (TPSA) is 65.7 Å². The summed E-state index contributed by atoms with van der Waals surface area (Å²) in [5, 5.41) is 5.96. The minimum Gasteiger partial charge on any atom is -0.490 e. The summed E-state index contributed by atoms with van der Waals surface area (Å²) < 4.78 is 13.8. The summed E-state index contributed by atoms with van der Waals surface area (Å²) in [5.41, 5.74) is 3.29. The lowest BCUT2D eigenvalue weighted by molar-refractivity contribution is 0.267. The van der Waals surface area contributed by atoms with E-state index in [4.69, 9.17) is 31.2 Å². The minimum atomic E-state index is -0.151. The molecule has 0 saturated heterocycles. The summed E-state index contributed by atoms with van der Waals surface area (Å²) >= 11 is 6.04. The Labute approximate surface area is 239 Å². The average molecular weight is 556 g/mol. The molecule has 0 aliphatic heterocycles. The maximum Gasteiger partial charge on any atom is 0.282 e. The lowest BCUT2D eigenvalue weighted by atomic mass is 9.88. The summed E-state index contributed by atoms with van der Waals surface area (Å²) in [4.78, 5) is 18.5. The highest BCUT2D eigenvalue weighted by molar-refractivity contribution is 6.30. The Morgan fingerprint density at radius 2 is 1.85 bits per heavy atom. The number of ether oxygens (including phenoxy) is 2. The number of hydrogen-bond donors (Lipinski definition) is 0. The molecular formula is C33H34ClN3O3. The Morgan fingerprint density at radius 3 is 2.60 bits per heavy atom. The molecule has 1 aliphatic carbocycles. The molecule has 7 heteroatoms. The van der Waals surface area contributed by atoms with Gasteiger partial charge in [-0.25, -0.2) is 4.98 Å². The second kappa shape index (κ2) is 13.0. The van der Waals surface area contributed by atoms with E-state index in [1.165, 1.54) is 11.1 Å². The molecule has 0 unspecified atom stereocenters. The number of halogens is 1. The smallest absolute Gasteiger partial charge is 0.282 e. The van der Waals surface area contributed by atoms with Crippen LogP contribution in [0.1, 0.15) is 67.5 Å². The fraction of sp³-hybridized carbons (Fsp3) is 0.303. The number of para-hydroxylation sites is 1. The number of hydrogen-bond acceptors (Lipinski definition) is 5. The van der Waals surface area contributed by atoms with Crippen molar-refractivity contribution in [3.8, 4) is 11.5 Å². The molecule has 40 heavy (non-hydrogen) atoms.